The number of esters is 1. The standard InChI is InChI=1S/C23H22N2O3S.ClH/c1-2-9-17-14-29-22-18(24)21(26)25(22)19(17)23(27)28-20(15-10-5-3-6-11-15)16-12-7-4-8-13-16;/h2-13,18,20,22H,14,24H2,1H3;1H/b9-2+;. The van der Waals surface area contributed by atoms with Crippen LogP contribution in [-0.4, -0.2) is 33.9 Å². The summed E-state index contributed by atoms with van der Waals surface area (Å²) in [5, 5.41) is -0.217. The van der Waals surface area contributed by atoms with Crippen molar-refractivity contribution in [2.24, 2.45) is 5.73 Å². The normalized spacial score (nSPS) is 20.6. The number of halogens is 1. The zero-order valence-electron chi connectivity index (χ0n) is 16.4. The fourth-order valence-corrected chi connectivity index (χ4v) is 4.87. The number of benzene rings is 2. The lowest BCUT2D eigenvalue weighted by atomic mass is 10.0. The number of β-lactam (4-membered cyclic amide) rings is 1. The second kappa shape index (κ2) is 9.51. The van der Waals surface area contributed by atoms with Gasteiger partial charge in [-0.2, -0.15) is 0 Å². The molecule has 0 saturated carbocycles. The summed E-state index contributed by atoms with van der Waals surface area (Å²) in [4.78, 5) is 27.2. The number of carbonyl (C=O) groups excluding carboxylic acids is 2. The number of hydrogen-bond acceptors (Lipinski definition) is 5. The molecule has 0 bridgehead atoms. The van der Waals surface area contributed by atoms with E-state index in [4.69, 9.17) is 10.5 Å². The number of thioether (sulfide) groups is 1. The molecule has 0 radical (unpaired) electrons. The van der Waals surface area contributed by atoms with Gasteiger partial charge in [0.25, 0.3) is 0 Å². The number of ether oxygens (including phenoxy) is 1. The van der Waals surface area contributed by atoms with Gasteiger partial charge in [0.05, 0.1) is 0 Å². The molecule has 4 rings (SSSR count). The first kappa shape index (κ1) is 22.2. The maximum atomic E-state index is 13.3. The zero-order chi connectivity index (χ0) is 20.4. The highest BCUT2D eigenvalue weighted by Gasteiger charge is 2.52. The van der Waals surface area contributed by atoms with Crippen LogP contribution in [0.5, 0.6) is 0 Å². The molecule has 2 unspecified atom stereocenters. The molecule has 2 aliphatic rings. The number of fused-ring (bicyclic) bond motifs is 1. The minimum Gasteiger partial charge on any atom is -0.448 e. The lowest BCUT2D eigenvalue weighted by Crippen LogP contribution is -2.68. The second-order valence-electron chi connectivity index (χ2n) is 6.92. The Balaban J connectivity index is 0.00000256. The fourth-order valence-electron chi connectivity index (χ4n) is 3.61. The van der Waals surface area contributed by atoms with Gasteiger partial charge in [-0.05, 0) is 23.6 Å². The smallest absolute Gasteiger partial charge is 0.356 e. The summed E-state index contributed by atoms with van der Waals surface area (Å²) in [5.74, 6) is -0.147. The van der Waals surface area contributed by atoms with Gasteiger partial charge >= 0.3 is 5.97 Å². The van der Waals surface area contributed by atoms with Crippen LogP contribution >= 0.6 is 24.2 Å². The molecule has 0 aliphatic carbocycles. The third kappa shape index (κ3) is 4.03. The van der Waals surface area contributed by atoms with Crippen molar-refractivity contribution in [3.8, 4) is 0 Å². The summed E-state index contributed by atoms with van der Waals surface area (Å²) in [6, 6.07) is 18.6. The molecule has 156 valence electrons. The van der Waals surface area contributed by atoms with E-state index in [0.717, 1.165) is 16.7 Å². The minimum absolute atomic E-state index is 0. The summed E-state index contributed by atoms with van der Waals surface area (Å²) in [7, 11) is 0. The van der Waals surface area contributed by atoms with E-state index in [1.807, 2.05) is 79.7 Å². The van der Waals surface area contributed by atoms with E-state index in [2.05, 4.69) is 0 Å². The minimum atomic E-state index is -0.575. The van der Waals surface area contributed by atoms with Gasteiger partial charge in [-0.15, -0.1) is 24.2 Å². The zero-order valence-corrected chi connectivity index (χ0v) is 18.1. The van der Waals surface area contributed by atoms with Crippen molar-refractivity contribution in [1.29, 1.82) is 0 Å². The Labute approximate surface area is 186 Å². The number of hydrogen-bond donors (Lipinski definition) is 1. The van der Waals surface area contributed by atoms with Crippen LogP contribution in [0.1, 0.15) is 24.2 Å². The van der Waals surface area contributed by atoms with Crippen LogP contribution in [0.3, 0.4) is 0 Å². The molecular formula is C23H23ClN2O3S. The monoisotopic (exact) mass is 442 g/mol. The van der Waals surface area contributed by atoms with Gasteiger partial charge in [0.2, 0.25) is 5.91 Å². The van der Waals surface area contributed by atoms with E-state index in [0.29, 0.717) is 11.4 Å². The Morgan fingerprint density at radius 1 is 1.13 bits per heavy atom. The third-order valence-electron chi connectivity index (χ3n) is 5.03. The molecule has 30 heavy (non-hydrogen) atoms. The predicted molar refractivity (Wildman–Crippen MR) is 121 cm³/mol. The van der Waals surface area contributed by atoms with E-state index < -0.39 is 18.1 Å². The van der Waals surface area contributed by atoms with E-state index in [-0.39, 0.29) is 23.7 Å². The highest BCUT2D eigenvalue weighted by atomic mass is 35.5. The molecule has 2 aromatic carbocycles. The molecule has 0 spiro atoms. The van der Waals surface area contributed by atoms with Crippen molar-refractivity contribution in [2.45, 2.75) is 24.4 Å². The number of nitrogens with two attached hydrogens (primary N) is 1. The van der Waals surface area contributed by atoms with Crippen LogP contribution in [0, 0.1) is 0 Å². The number of amides is 1. The summed E-state index contributed by atoms with van der Waals surface area (Å²) in [6.45, 7) is 1.88. The summed E-state index contributed by atoms with van der Waals surface area (Å²) in [6.07, 6.45) is 3.15. The Morgan fingerprint density at radius 3 is 2.23 bits per heavy atom. The van der Waals surface area contributed by atoms with Gasteiger partial charge in [0, 0.05) is 5.75 Å². The molecule has 1 saturated heterocycles. The van der Waals surface area contributed by atoms with E-state index in [9.17, 15) is 9.59 Å². The number of allylic oxidation sites excluding steroid dienone is 2. The summed E-state index contributed by atoms with van der Waals surface area (Å²) < 4.78 is 6.00. The number of rotatable bonds is 5. The van der Waals surface area contributed by atoms with Gasteiger partial charge in [-0.3, -0.25) is 9.69 Å². The summed E-state index contributed by atoms with van der Waals surface area (Å²) >= 11 is 1.57. The lowest BCUT2D eigenvalue weighted by molar-refractivity contribution is -0.153. The quantitative estimate of drug-likeness (QED) is 0.563. The lowest BCUT2D eigenvalue weighted by Gasteiger charge is -2.48. The Bertz CT molecular complexity index is 939. The first-order valence-electron chi connectivity index (χ1n) is 9.48. The molecule has 1 fully saturated rings. The van der Waals surface area contributed by atoms with Gasteiger partial charge in [0.15, 0.2) is 6.10 Å². The van der Waals surface area contributed by atoms with Crippen molar-refractivity contribution in [2.75, 3.05) is 5.75 Å². The first-order chi connectivity index (χ1) is 14.1. The number of nitrogens with zero attached hydrogens (tertiary/aromatic N) is 1. The Hall–Kier alpha value is -2.54. The van der Waals surface area contributed by atoms with Crippen LogP contribution in [0.15, 0.2) is 84.1 Å². The fraction of sp³-hybridized carbons (Fsp3) is 0.217. The predicted octanol–water partition coefficient (Wildman–Crippen LogP) is 3.81. The Morgan fingerprint density at radius 2 is 1.70 bits per heavy atom. The molecule has 2 heterocycles. The molecule has 7 heteroatoms. The molecule has 1 amide bonds. The van der Waals surface area contributed by atoms with Crippen molar-refractivity contribution >= 4 is 36.0 Å². The average molecular weight is 443 g/mol. The second-order valence-corrected chi connectivity index (χ2v) is 8.02. The molecule has 0 aromatic heterocycles. The highest BCUT2D eigenvalue weighted by molar-refractivity contribution is 8.00. The molecular weight excluding hydrogens is 420 g/mol. The average Bonchev–Trinajstić information content (AvgIpc) is 2.77. The third-order valence-corrected chi connectivity index (χ3v) is 6.35. The van der Waals surface area contributed by atoms with Crippen molar-refractivity contribution in [1.82, 2.24) is 4.90 Å². The van der Waals surface area contributed by atoms with Crippen LogP contribution in [0.25, 0.3) is 0 Å². The van der Waals surface area contributed by atoms with Gasteiger partial charge in [0.1, 0.15) is 17.1 Å². The van der Waals surface area contributed by atoms with E-state index >= 15 is 0 Å². The van der Waals surface area contributed by atoms with Crippen LogP contribution < -0.4 is 5.73 Å². The number of carbonyl (C=O) groups is 2. The largest absolute Gasteiger partial charge is 0.448 e. The van der Waals surface area contributed by atoms with Crippen LogP contribution in [-0.2, 0) is 14.3 Å². The Kier molecular flexibility index (Phi) is 7.02. The van der Waals surface area contributed by atoms with Gasteiger partial charge in [-0.25, -0.2) is 4.79 Å². The maximum Gasteiger partial charge on any atom is 0.356 e. The van der Waals surface area contributed by atoms with Crippen LogP contribution in [0.2, 0.25) is 0 Å². The molecule has 5 nitrogen and oxygen atoms in total. The molecule has 2 N–H and O–H groups in total. The van der Waals surface area contributed by atoms with Gasteiger partial charge in [-0.1, -0.05) is 72.8 Å². The van der Waals surface area contributed by atoms with Crippen molar-refractivity contribution in [3.63, 3.8) is 0 Å². The van der Waals surface area contributed by atoms with Crippen molar-refractivity contribution < 1.29 is 14.3 Å². The van der Waals surface area contributed by atoms with Crippen molar-refractivity contribution in [3.05, 3.63) is 95.2 Å². The van der Waals surface area contributed by atoms with Crippen LogP contribution in [0.4, 0.5) is 0 Å². The summed E-state index contributed by atoms with van der Waals surface area (Å²) in [5.41, 5.74) is 8.75. The topological polar surface area (TPSA) is 72.6 Å². The SMILES string of the molecule is C/C=C/C1=C(C(=O)OC(c2ccccc2)c2ccccc2)N2C(=O)C(N)C2SC1.Cl. The van der Waals surface area contributed by atoms with E-state index in [1.54, 1.807) is 11.8 Å². The highest BCUT2D eigenvalue weighted by Crippen LogP contribution is 2.41. The molecule has 2 aliphatic heterocycles. The molecule has 2 aromatic rings. The first-order valence-corrected chi connectivity index (χ1v) is 10.5. The molecule has 2 atom stereocenters. The van der Waals surface area contributed by atoms with Gasteiger partial charge < -0.3 is 10.5 Å². The maximum absolute atomic E-state index is 13.3. The van der Waals surface area contributed by atoms with E-state index in [1.165, 1.54) is 4.90 Å².